The fourth-order valence-electron chi connectivity index (χ4n) is 2.23. The van der Waals surface area contributed by atoms with E-state index >= 15 is 0 Å². The van der Waals surface area contributed by atoms with Gasteiger partial charge in [-0.05, 0) is 24.2 Å². The van der Waals surface area contributed by atoms with Crippen LogP contribution in [0.25, 0.3) is 0 Å². The third-order valence-electron chi connectivity index (χ3n) is 3.58. The molecular weight excluding hydrogens is 404 g/mol. The summed E-state index contributed by atoms with van der Waals surface area (Å²) in [6.07, 6.45) is 2.62. The molecular formula is C15H22N8O5S. The molecule has 0 radical (unpaired) electrons. The lowest BCUT2D eigenvalue weighted by molar-refractivity contribution is -0.122. The number of guanidine groups is 1. The minimum atomic E-state index is -4.05. The second-order valence-electron chi connectivity index (χ2n) is 5.96. The number of sulfonamides is 1. The fraction of sp³-hybridized carbons (Fsp3) is 0.333. The molecule has 0 unspecified atom stereocenters. The number of imidazole rings is 1. The minimum Gasteiger partial charge on any atom is -0.391 e. The molecule has 0 atom stereocenters. The largest absolute Gasteiger partial charge is 0.391 e. The number of rotatable bonds is 9. The Morgan fingerprint density at radius 2 is 2.07 bits per heavy atom. The van der Waals surface area contributed by atoms with Crippen LogP contribution in [0.4, 0.5) is 5.69 Å². The summed E-state index contributed by atoms with van der Waals surface area (Å²) < 4.78 is 29.6. The van der Waals surface area contributed by atoms with Crippen molar-refractivity contribution < 1.29 is 18.0 Å². The Morgan fingerprint density at radius 1 is 1.34 bits per heavy atom. The number of oxime groups is 1. The van der Waals surface area contributed by atoms with Gasteiger partial charge in [0.05, 0.1) is 12.9 Å². The van der Waals surface area contributed by atoms with Gasteiger partial charge in [-0.1, -0.05) is 0 Å². The van der Waals surface area contributed by atoms with Crippen molar-refractivity contribution in [1.82, 2.24) is 19.4 Å². The Balaban J connectivity index is 2.09. The summed E-state index contributed by atoms with van der Waals surface area (Å²) in [6, 6.07) is 2.85. The highest BCUT2D eigenvalue weighted by Crippen LogP contribution is 2.11. The zero-order valence-electron chi connectivity index (χ0n) is 15.8. The smallest absolute Gasteiger partial charge is 0.281 e. The number of aromatic nitrogens is 3. The molecule has 2 rings (SSSR count). The van der Waals surface area contributed by atoms with E-state index in [1.807, 2.05) is 0 Å². The summed E-state index contributed by atoms with van der Waals surface area (Å²) in [7, 11) is -2.43. The van der Waals surface area contributed by atoms with Crippen molar-refractivity contribution in [2.45, 2.75) is 18.5 Å². The molecule has 1 amide bonds. The van der Waals surface area contributed by atoms with Crippen molar-refractivity contribution in [3.05, 3.63) is 40.7 Å². The first-order valence-electron chi connectivity index (χ1n) is 8.29. The first-order valence-corrected chi connectivity index (χ1v) is 9.77. The minimum absolute atomic E-state index is 0.0292. The molecule has 29 heavy (non-hydrogen) atoms. The van der Waals surface area contributed by atoms with E-state index in [2.05, 4.69) is 20.2 Å². The third-order valence-corrected chi connectivity index (χ3v) is 4.83. The predicted molar refractivity (Wildman–Crippen MR) is 104 cm³/mol. The first-order chi connectivity index (χ1) is 13.6. The van der Waals surface area contributed by atoms with E-state index in [-0.39, 0.29) is 36.4 Å². The van der Waals surface area contributed by atoms with Crippen LogP contribution in [0.2, 0.25) is 0 Å². The van der Waals surface area contributed by atoms with Crippen LogP contribution in [0.15, 0.2) is 39.6 Å². The highest BCUT2D eigenvalue weighted by Gasteiger charge is 2.20. The second kappa shape index (κ2) is 9.09. The molecule has 0 aliphatic heterocycles. The third kappa shape index (κ3) is 5.97. The number of hydrogen-bond donors (Lipinski definition) is 4. The number of anilines is 1. The molecule has 0 aliphatic rings. The molecule has 0 aliphatic carbocycles. The van der Waals surface area contributed by atoms with Gasteiger partial charge in [-0.15, -0.1) is 0 Å². The lowest BCUT2D eigenvalue weighted by atomic mass is 10.3. The van der Waals surface area contributed by atoms with Crippen LogP contribution in [0.1, 0.15) is 5.69 Å². The van der Waals surface area contributed by atoms with E-state index in [0.717, 1.165) is 4.57 Å². The lowest BCUT2D eigenvalue weighted by Gasteiger charge is -2.13. The van der Waals surface area contributed by atoms with E-state index in [1.165, 1.54) is 29.2 Å². The number of nitrogens with one attached hydrogen (secondary N) is 2. The standard InChI is InChI=1S/C15H22N8O5S/c1-10-3-4-11(21-29(26,27)13-8-22(2)9-19-13)14(25)23(10)7-12(24)18-5-6-28-20-15(16)17/h3-4,8-9,21H,5-7H2,1-2H3,(H,18,24)(H4,16,17,20). The molecule has 0 spiro atoms. The van der Waals surface area contributed by atoms with Gasteiger partial charge in [0, 0.05) is 18.9 Å². The van der Waals surface area contributed by atoms with Gasteiger partial charge in [0.1, 0.15) is 18.8 Å². The lowest BCUT2D eigenvalue weighted by Crippen LogP contribution is -2.36. The number of carbonyl (C=O) groups excluding carboxylic acids is 1. The molecule has 6 N–H and O–H groups in total. The molecule has 0 saturated heterocycles. The van der Waals surface area contributed by atoms with Crippen molar-refractivity contribution in [1.29, 1.82) is 0 Å². The highest BCUT2D eigenvalue weighted by molar-refractivity contribution is 7.92. The van der Waals surface area contributed by atoms with Crippen LogP contribution in [0, 0.1) is 6.92 Å². The van der Waals surface area contributed by atoms with Crippen molar-refractivity contribution >= 4 is 27.6 Å². The molecule has 14 heteroatoms. The van der Waals surface area contributed by atoms with Crippen LogP contribution in [0.3, 0.4) is 0 Å². The molecule has 158 valence electrons. The van der Waals surface area contributed by atoms with Crippen LogP contribution in [-0.4, -0.2) is 47.6 Å². The molecule has 2 aromatic heterocycles. The van der Waals surface area contributed by atoms with Gasteiger partial charge < -0.3 is 30.8 Å². The van der Waals surface area contributed by atoms with Crippen LogP contribution in [0.5, 0.6) is 0 Å². The second-order valence-corrected chi connectivity index (χ2v) is 7.59. The number of aryl methyl sites for hydroxylation is 2. The van der Waals surface area contributed by atoms with Crippen LogP contribution in [-0.2, 0) is 33.2 Å². The zero-order valence-corrected chi connectivity index (χ0v) is 16.6. The van der Waals surface area contributed by atoms with Crippen molar-refractivity contribution in [3.8, 4) is 0 Å². The van der Waals surface area contributed by atoms with Gasteiger partial charge in [0.2, 0.25) is 11.9 Å². The van der Waals surface area contributed by atoms with Gasteiger partial charge in [-0.25, -0.2) is 4.98 Å². The maximum Gasteiger partial charge on any atom is 0.281 e. The Bertz CT molecular complexity index is 1070. The SMILES string of the molecule is Cc1ccc(NS(=O)(=O)c2cn(C)cn2)c(=O)n1CC(=O)NCCON=C(N)N. The van der Waals surface area contributed by atoms with Gasteiger partial charge in [0.25, 0.3) is 15.6 Å². The molecule has 0 bridgehead atoms. The quantitative estimate of drug-likeness (QED) is 0.153. The van der Waals surface area contributed by atoms with Gasteiger partial charge >= 0.3 is 0 Å². The van der Waals surface area contributed by atoms with Gasteiger partial charge in [-0.3, -0.25) is 14.3 Å². The number of carbonyl (C=O) groups is 1. The summed E-state index contributed by atoms with van der Waals surface area (Å²) in [4.78, 5) is 33.2. The number of hydrogen-bond acceptors (Lipinski definition) is 7. The number of pyridine rings is 1. The maximum absolute atomic E-state index is 12.7. The van der Waals surface area contributed by atoms with Crippen molar-refractivity contribution in [3.63, 3.8) is 0 Å². The summed E-state index contributed by atoms with van der Waals surface area (Å²) >= 11 is 0. The number of amides is 1. The highest BCUT2D eigenvalue weighted by atomic mass is 32.2. The number of nitrogens with two attached hydrogens (primary N) is 2. The first kappa shape index (κ1) is 21.7. The van der Waals surface area contributed by atoms with Crippen LogP contribution < -0.4 is 27.1 Å². The Hall–Kier alpha value is -3.55. The van der Waals surface area contributed by atoms with Gasteiger partial charge in [0.15, 0.2) is 5.03 Å². The monoisotopic (exact) mass is 426 g/mol. The normalized spacial score (nSPS) is 11.0. The van der Waals surface area contributed by atoms with Crippen molar-refractivity contribution in [2.75, 3.05) is 17.9 Å². The van der Waals surface area contributed by atoms with E-state index in [0.29, 0.717) is 5.69 Å². The molecule has 2 aromatic rings. The molecule has 0 aromatic carbocycles. The average Bonchev–Trinajstić information content (AvgIpc) is 3.08. The maximum atomic E-state index is 12.7. The fourth-order valence-corrected chi connectivity index (χ4v) is 3.27. The zero-order chi connectivity index (χ0) is 21.6. The van der Waals surface area contributed by atoms with Gasteiger partial charge in [-0.2, -0.15) is 8.42 Å². The van der Waals surface area contributed by atoms with E-state index in [4.69, 9.17) is 16.3 Å². The predicted octanol–water partition coefficient (Wildman–Crippen LogP) is -1.99. The summed E-state index contributed by atoms with van der Waals surface area (Å²) in [5, 5.41) is 5.60. The van der Waals surface area contributed by atoms with E-state index < -0.39 is 21.5 Å². The van der Waals surface area contributed by atoms with Crippen LogP contribution >= 0.6 is 0 Å². The van der Waals surface area contributed by atoms with E-state index in [9.17, 15) is 18.0 Å². The molecule has 13 nitrogen and oxygen atoms in total. The Kier molecular flexibility index (Phi) is 6.82. The Labute approximate surface area is 166 Å². The molecule has 0 saturated carbocycles. The summed E-state index contributed by atoms with van der Waals surface area (Å²) in [6.45, 7) is 1.44. The average molecular weight is 426 g/mol. The topological polar surface area (TPSA) is 189 Å². The molecule has 0 fully saturated rings. The number of nitrogens with zero attached hydrogens (tertiary/aromatic N) is 4. The summed E-state index contributed by atoms with van der Waals surface area (Å²) in [5.41, 5.74) is 9.78. The molecule has 2 heterocycles. The summed E-state index contributed by atoms with van der Waals surface area (Å²) in [5.74, 6) is -0.725. The van der Waals surface area contributed by atoms with Crippen molar-refractivity contribution in [2.24, 2.45) is 23.7 Å². The van der Waals surface area contributed by atoms with E-state index in [1.54, 1.807) is 14.0 Å². The Morgan fingerprint density at radius 3 is 2.69 bits per heavy atom.